The molecule has 0 aliphatic carbocycles. The van der Waals surface area contributed by atoms with Gasteiger partial charge in [-0.1, -0.05) is 28.1 Å². The maximum Gasteiger partial charge on any atom is 0.449 e. The van der Waals surface area contributed by atoms with Gasteiger partial charge in [0.05, 0.1) is 6.10 Å². The molecule has 0 aliphatic rings. The summed E-state index contributed by atoms with van der Waals surface area (Å²) in [6.45, 7) is 0. The van der Waals surface area contributed by atoms with Crippen LogP contribution >= 0.6 is 15.9 Å². The summed E-state index contributed by atoms with van der Waals surface area (Å²) in [6.07, 6.45) is -6.09. The minimum Gasteiger partial charge on any atom is -0.388 e. The summed E-state index contributed by atoms with van der Waals surface area (Å²) in [5.74, 6) is -1.75. The number of aliphatic hydroxyl groups is 1. The van der Waals surface area contributed by atoms with Crippen LogP contribution in [0.2, 0.25) is 0 Å². The normalized spacial score (nSPS) is 13.4. The molecule has 0 spiro atoms. The second-order valence-electron chi connectivity index (χ2n) is 3.88. The van der Waals surface area contributed by atoms with Crippen molar-refractivity contribution in [2.75, 3.05) is 0 Å². The summed E-state index contributed by atoms with van der Waals surface area (Å²) >= 11 is 3.23. The van der Waals surface area contributed by atoms with Crippen LogP contribution in [0.3, 0.4) is 0 Å². The first kappa shape index (κ1) is 15.2. The number of carbonyl (C=O) groups excluding carboxylic acids is 1. The van der Waals surface area contributed by atoms with Gasteiger partial charge in [0.15, 0.2) is 0 Å². The highest BCUT2D eigenvalue weighted by molar-refractivity contribution is 9.10. The minimum atomic E-state index is -4.78. The number of carbonyl (C=O) groups is 1. The molecule has 1 atom stereocenters. The van der Waals surface area contributed by atoms with E-state index in [1.54, 1.807) is 24.3 Å². The fraction of sp³-hybridized carbons (Fsp3) is 0.417. The number of rotatable bonds is 5. The molecule has 0 aliphatic heterocycles. The van der Waals surface area contributed by atoms with Gasteiger partial charge in [-0.2, -0.15) is 13.2 Å². The lowest BCUT2D eigenvalue weighted by atomic mass is 10.0. The standard InChI is InChI=1S/C12H12BrF3O2/c13-9-4-1-3-8(7-9)10(17)5-2-6-11(18)12(14,15)16/h1,3-4,7,10,17H,2,5-6H2. The molecule has 1 unspecified atom stereocenters. The van der Waals surface area contributed by atoms with Crippen molar-refractivity contribution in [3.05, 3.63) is 34.3 Å². The van der Waals surface area contributed by atoms with E-state index in [-0.39, 0.29) is 12.8 Å². The Morgan fingerprint density at radius 3 is 2.61 bits per heavy atom. The van der Waals surface area contributed by atoms with Gasteiger partial charge in [-0.3, -0.25) is 4.79 Å². The van der Waals surface area contributed by atoms with Crippen molar-refractivity contribution < 1.29 is 23.1 Å². The molecule has 0 aromatic heterocycles. The van der Waals surface area contributed by atoms with Gasteiger partial charge in [-0.25, -0.2) is 0 Å². The van der Waals surface area contributed by atoms with Crippen LogP contribution in [0.25, 0.3) is 0 Å². The number of ketones is 1. The Morgan fingerprint density at radius 2 is 2.06 bits per heavy atom. The Morgan fingerprint density at radius 1 is 1.39 bits per heavy atom. The molecule has 100 valence electrons. The van der Waals surface area contributed by atoms with Gasteiger partial charge in [0.1, 0.15) is 0 Å². The third-order valence-corrected chi connectivity index (χ3v) is 2.92. The van der Waals surface area contributed by atoms with E-state index in [2.05, 4.69) is 15.9 Å². The molecular weight excluding hydrogens is 313 g/mol. The molecule has 0 bridgehead atoms. The third kappa shape index (κ3) is 4.78. The van der Waals surface area contributed by atoms with E-state index < -0.39 is 24.5 Å². The predicted molar refractivity (Wildman–Crippen MR) is 64.0 cm³/mol. The SMILES string of the molecule is O=C(CCCC(O)c1cccc(Br)c1)C(F)(F)F. The Labute approximate surface area is 111 Å². The molecule has 1 aromatic rings. The maximum atomic E-state index is 11.9. The molecule has 18 heavy (non-hydrogen) atoms. The molecule has 0 saturated carbocycles. The fourth-order valence-electron chi connectivity index (χ4n) is 1.48. The summed E-state index contributed by atoms with van der Waals surface area (Å²) in [5, 5.41) is 9.75. The second kappa shape index (κ2) is 6.33. The van der Waals surface area contributed by atoms with Crippen LogP contribution in [0.1, 0.15) is 30.9 Å². The molecular formula is C12H12BrF3O2. The Balaban J connectivity index is 2.43. The first-order valence-electron chi connectivity index (χ1n) is 5.34. The molecule has 0 saturated heterocycles. The molecule has 1 aromatic carbocycles. The second-order valence-corrected chi connectivity index (χ2v) is 4.80. The van der Waals surface area contributed by atoms with Crippen LogP contribution in [-0.4, -0.2) is 17.1 Å². The zero-order valence-corrected chi connectivity index (χ0v) is 11.0. The smallest absolute Gasteiger partial charge is 0.388 e. The Bertz CT molecular complexity index is 418. The lowest BCUT2D eigenvalue weighted by Crippen LogP contribution is -2.22. The van der Waals surface area contributed by atoms with Crippen LogP contribution < -0.4 is 0 Å². The maximum absolute atomic E-state index is 11.9. The summed E-state index contributed by atoms with van der Waals surface area (Å²) in [5.41, 5.74) is 0.615. The van der Waals surface area contributed by atoms with Crippen molar-refractivity contribution in [2.24, 2.45) is 0 Å². The van der Waals surface area contributed by atoms with Crippen molar-refractivity contribution in [1.29, 1.82) is 0 Å². The summed E-state index contributed by atoms with van der Waals surface area (Å²) < 4.78 is 36.6. The van der Waals surface area contributed by atoms with Crippen LogP contribution in [0, 0.1) is 0 Å². The van der Waals surface area contributed by atoms with E-state index in [0.29, 0.717) is 5.56 Å². The highest BCUT2D eigenvalue weighted by Crippen LogP contribution is 2.24. The molecule has 1 rings (SSSR count). The average Bonchev–Trinajstić information content (AvgIpc) is 2.27. The molecule has 0 radical (unpaired) electrons. The number of halogens is 4. The van der Waals surface area contributed by atoms with Crippen molar-refractivity contribution >= 4 is 21.7 Å². The van der Waals surface area contributed by atoms with Gasteiger partial charge < -0.3 is 5.11 Å². The summed E-state index contributed by atoms with van der Waals surface area (Å²) in [7, 11) is 0. The molecule has 1 N–H and O–H groups in total. The highest BCUT2D eigenvalue weighted by atomic mass is 79.9. The lowest BCUT2D eigenvalue weighted by Gasteiger charge is -2.11. The van der Waals surface area contributed by atoms with E-state index in [1.165, 1.54) is 0 Å². The van der Waals surface area contributed by atoms with Crippen LogP contribution in [0.4, 0.5) is 13.2 Å². The first-order chi connectivity index (χ1) is 8.30. The highest BCUT2D eigenvalue weighted by Gasteiger charge is 2.37. The molecule has 0 heterocycles. The minimum absolute atomic E-state index is 0.00598. The van der Waals surface area contributed by atoms with Gasteiger partial charge in [-0.05, 0) is 30.5 Å². The summed E-state index contributed by atoms with van der Waals surface area (Å²) in [4.78, 5) is 10.6. The number of hydrogen-bond acceptors (Lipinski definition) is 2. The predicted octanol–water partition coefficient (Wildman–Crippen LogP) is 3.78. The zero-order valence-electron chi connectivity index (χ0n) is 9.38. The molecule has 6 heteroatoms. The first-order valence-corrected chi connectivity index (χ1v) is 6.13. The van der Waals surface area contributed by atoms with Gasteiger partial charge >= 0.3 is 6.18 Å². The topological polar surface area (TPSA) is 37.3 Å². The van der Waals surface area contributed by atoms with Crippen LogP contribution in [0.5, 0.6) is 0 Å². The van der Waals surface area contributed by atoms with Gasteiger partial charge in [0, 0.05) is 10.9 Å². The van der Waals surface area contributed by atoms with E-state index >= 15 is 0 Å². The average molecular weight is 325 g/mol. The van der Waals surface area contributed by atoms with Crippen LogP contribution in [0.15, 0.2) is 28.7 Å². The Kier molecular flexibility index (Phi) is 5.34. The van der Waals surface area contributed by atoms with E-state index in [1.807, 2.05) is 0 Å². The number of Topliss-reactive ketones (excluding diaryl/α,β-unsaturated/α-hetero) is 1. The van der Waals surface area contributed by atoms with Gasteiger partial charge in [-0.15, -0.1) is 0 Å². The van der Waals surface area contributed by atoms with Gasteiger partial charge in [0.25, 0.3) is 0 Å². The fourth-order valence-corrected chi connectivity index (χ4v) is 1.90. The number of hydrogen-bond donors (Lipinski definition) is 1. The van der Waals surface area contributed by atoms with E-state index in [4.69, 9.17) is 0 Å². The molecule has 0 amide bonds. The van der Waals surface area contributed by atoms with Crippen LogP contribution in [-0.2, 0) is 4.79 Å². The van der Waals surface area contributed by atoms with E-state index in [9.17, 15) is 23.1 Å². The lowest BCUT2D eigenvalue weighted by molar-refractivity contribution is -0.171. The quantitative estimate of drug-likeness (QED) is 0.894. The number of alkyl halides is 3. The number of benzene rings is 1. The largest absolute Gasteiger partial charge is 0.449 e. The van der Waals surface area contributed by atoms with E-state index in [0.717, 1.165) is 4.47 Å². The number of aliphatic hydroxyl groups excluding tert-OH is 1. The van der Waals surface area contributed by atoms with Crippen molar-refractivity contribution in [2.45, 2.75) is 31.5 Å². The van der Waals surface area contributed by atoms with Gasteiger partial charge in [0.2, 0.25) is 5.78 Å². The Hall–Kier alpha value is -0.880. The summed E-state index contributed by atoms with van der Waals surface area (Å²) in [6, 6.07) is 6.88. The van der Waals surface area contributed by atoms with Crippen molar-refractivity contribution in [3.63, 3.8) is 0 Å². The molecule has 0 fully saturated rings. The monoisotopic (exact) mass is 324 g/mol. The zero-order chi connectivity index (χ0) is 13.8. The third-order valence-electron chi connectivity index (χ3n) is 2.43. The van der Waals surface area contributed by atoms with Crippen molar-refractivity contribution in [1.82, 2.24) is 0 Å². The van der Waals surface area contributed by atoms with Crippen molar-refractivity contribution in [3.8, 4) is 0 Å². The molecule has 2 nitrogen and oxygen atoms in total.